The molecule has 0 aliphatic heterocycles. The van der Waals surface area contributed by atoms with Gasteiger partial charge in [0.25, 0.3) is 0 Å². The lowest BCUT2D eigenvalue weighted by Crippen LogP contribution is -2.16. The summed E-state index contributed by atoms with van der Waals surface area (Å²) < 4.78 is 0. The van der Waals surface area contributed by atoms with Gasteiger partial charge in [-0.25, -0.2) is 4.79 Å². The number of carbonyl (C=O) groups is 2. The Labute approximate surface area is 99.8 Å². The Balaban J connectivity index is 2.49. The van der Waals surface area contributed by atoms with E-state index in [4.69, 9.17) is 5.11 Å². The SMILES string of the molecule is Cc1cc2c(cc1C)C(=O)C(=CC(=O)O)CC2. The summed E-state index contributed by atoms with van der Waals surface area (Å²) in [6.07, 6.45) is 2.28. The van der Waals surface area contributed by atoms with Gasteiger partial charge in [-0.1, -0.05) is 6.07 Å². The Hall–Kier alpha value is -1.90. The highest BCUT2D eigenvalue weighted by Gasteiger charge is 2.23. The van der Waals surface area contributed by atoms with E-state index in [0.29, 0.717) is 17.6 Å². The van der Waals surface area contributed by atoms with Gasteiger partial charge in [0.15, 0.2) is 5.78 Å². The molecule has 2 rings (SSSR count). The van der Waals surface area contributed by atoms with Crippen molar-refractivity contribution in [2.24, 2.45) is 0 Å². The predicted octanol–water partition coefficient (Wildman–Crippen LogP) is 2.44. The van der Waals surface area contributed by atoms with E-state index >= 15 is 0 Å². The molecule has 0 aromatic heterocycles. The third-order valence-electron chi connectivity index (χ3n) is 3.22. The summed E-state index contributed by atoms with van der Waals surface area (Å²) in [4.78, 5) is 22.7. The van der Waals surface area contributed by atoms with Crippen LogP contribution in [0.4, 0.5) is 0 Å². The van der Waals surface area contributed by atoms with Crippen LogP contribution in [0.5, 0.6) is 0 Å². The highest BCUT2D eigenvalue weighted by molar-refractivity contribution is 6.13. The standard InChI is InChI=1S/C14H14O3/c1-8-5-10-3-4-11(7-13(15)16)14(17)12(10)6-9(8)2/h5-7H,3-4H2,1-2H3,(H,15,16). The van der Waals surface area contributed by atoms with Gasteiger partial charge in [-0.05, 0) is 49.4 Å². The minimum absolute atomic E-state index is 0.142. The number of aryl methyl sites for hydroxylation is 3. The third-order valence-corrected chi connectivity index (χ3v) is 3.22. The molecule has 0 bridgehead atoms. The summed E-state index contributed by atoms with van der Waals surface area (Å²) in [5.41, 5.74) is 4.32. The van der Waals surface area contributed by atoms with E-state index < -0.39 is 5.97 Å². The van der Waals surface area contributed by atoms with Crippen LogP contribution >= 0.6 is 0 Å². The molecule has 0 saturated heterocycles. The molecule has 0 fully saturated rings. The lowest BCUT2D eigenvalue weighted by molar-refractivity contribution is -0.131. The Morgan fingerprint density at radius 3 is 2.53 bits per heavy atom. The van der Waals surface area contributed by atoms with Crippen molar-refractivity contribution < 1.29 is 14.7 Å². The van der Waals surface area contributed by atoms with Crippen molar-refractivity contribution in [1.29, 1.82) is 0 Å². The molecule has 3 heteroatoms. The predicted molar refractivity (Wildman–Crippen MR) is 64.3 cm³/mol. The number of carboxylic acid groups (broad SMARTS) is 1. The first kappa shape index (κ1) is 11.6. The molecule has 1 aromatic carbocycles. The summed E-state index contributed by atoms with van der Waals surface area (Å²) in [5.74, 6) is -1.20. The van der Waals surface area contributed by atoms with Gasteiger partial charge in [-0.3, -0.25) is 4.79 Å². The second-order valence-corrected chi connectivity index (χ2v) is 4.43. The van der Waals surface area contributed by atoms with Gasteiger partial charge in [0.1, 0.15) is 0 Å². The molecule has 1 aliphatic carbocycles. The van der Waals surface area contributed by atoms with Crippen molar-refractivity contribution in [2.45, 2.75) is 26.7 Å². The summed E-state index contributed by atoms with van der Waals surface area (Å²) in [6.45, 7) is 3.97. The minimum Gasteiger partial charge on any atom is -0.478 e. The smallest absolute Gasteiger partial charge is 0.328 e. The fourth-order valence-electron chi connectivity index (χ4n) is 2.14. The van der Waals surface area contributed by atoms with Crippen LogP contribution in [-0.2, 0) is 11.2 Å². The first-order valence-electron chi connectivity index (χ1n) is 5.57. The molecule has 0 saturated carbocycles. The first-order chi connectivity index (χ1) is 7.99. The van der Waals surface area contributed by atoms with E-state index in [-0.39, 0.29) is 5.78 Å². The minimum atomic E-state index is -1.05. The second kappa shape index (κ2) is 4.17. The maximum Gasteiger partial charge on any atom is 0.328 e. The zero-order chi connectivity index (χ0) is 12.6. The van der Waals surface area contributed by atoms with E-state index in [1.807, 2.05) is 26.0 Å². The van der Waals surface area contributed by atoms with Crippen LogP contribution in [0.1, 0.15) is 33.5 Å². The molecular weight excluding hydrogens is 216 g/mol. The Kier molecular flexibility index (Phi) is 2.84. The number of rotatable bonds is 1. The molecule has 0 heterocycles. The summed E-state index contributed by atoms with van der Waals surface area (Å²) >= 11 is 0. The highest BCUT2D eigenvalue weighted by atomic mass is 16.4. The first-order valence-corrected chi connectivity index (χ1v) is 5.57. The van der Waals surface area contributed by atoms with Gasteiger partial charge < -0.3 is 5.11 Å². The van der Waals surface area contributed by atoms with Crippen molar-refractivity contribution in [3.05, 3.63) is 46.0 Å². The van der Waals surface area contributed by atoms with Crippen molar-refractivity contribution in [3.8, 4) is 0 Å². The Morgan fingerprint density at radius 1 is 1.24 bits per heavy atom. The monoisotopic (exact) mass is 230 g/mol. The number of ketones is 1. The molecule has 0 spiro atoms. The zero-order valence-corrected chi connectivity index (χ0v) is 9.91. The van der Waals surface area contributed by atoms with Crippen molar-refractivity contribution in [1.82, 2.24) is 0 Å². The topological polar surface area (TPSA) is 54.4 Å². The molecule has 88 valence electrons. The third kappa shape index (κ3) is 2.13. The molecule has 0 atom stereocenters. The van der Waals surface area contributed by atoms with Crippen LogP contribution < -0.4 is 0 Å². The number of benzene rings is 1. The number of carboxylic acids is 1. The maximum atomic E-state index is 12.1. The Bertz CT molecular complexity index is 539. The highest BCUT2D eigenvalue weighted by Crippen LogP contribution is 2.27. The lowest BCUT2D eigenvalue weighted by atomic mass is 9.84. The van der Waals surface area contributed by atoms with Crippen molar-refractivity contribution in [3.63, 3.8) is 0 Å². The van der Waals surface area contributed by atoms with E-state index in [1.165, 1.54) is 5.56 Å². The number of hydrogen-bond acceptors (Lipinski definition) is 2. The summed E-state index contributed by atoms with van der Waals surface area (Å²) in [5, 5.41) is 8.70. The molecule has 1 aromatic rings. The van der Waals surface area contributed by atoms with Crippen LogP contribution in [0.3, 0.4) is 0 Å². The van der Waals surface area contributed by atoms with Crippen LogP contribution in [0.25, 0.3) is 0 Å². The number of fused-ring (bicyclic) bond motifs is 1. The molecule has 1 aliphatic rings. The van der Waals surface area contributed by atoms with Crippen LogP contribution in [-0.4, -0.2) is 16.9 Å². The second-order valence-electron chi connectivity index (χ2n) is 4.43. The van der Waals surface area contributed by atoms with Gasteiger partial charge in [0.2, 0.25) is 0 Å². The van der Waals surface area contributed by atoms with Gasteiger partial charge >= 0.3 is 5.97 Å². The maximum absolute atomic E-state index is 12.1. The van der Waals surface area contributed by atoms with Crippen LogP contribution in [0, 0.1) is 13.8 Å². The zero-order valence-electron chi connectivity index (χ0n) is 9.91. The number of Topliss-reactive ketones (excluding diaryl/α,β-unsaturated/α-hetero) is 1. The number of allylic oxidation sites excluding steroid dienone is 1. The number of aliphatic carboxylic acids is 1. The number of carbonyl (C=O) groups excluding carboxylic acids is 1. The van der Waals surface area contributed by atoms with E-state index in [9.17, 15) is 9.59 Å². The van der Waals surface area contributed by atoms with E-state index in [0.717, 1.165) is 23.6 Å². The molecule has 0 radical (unpaired) electrons. The van der Waals surface area contributed by atoms with Crippen molar-refractivity contribution in [2.75, 3.05) is 0 Å². The van der Waals surface area contributed by atoms with Gasteiger partial charge in [-0.15, -0.1) is 0 Å². The lowest BCUT2D eigenvalue weighted by Gasteiger charge is -2.18. The summed E-state index contributed by atoms with van der Waals surface area (Å²) in [6, 6.07) is 3.89. The molecule has 0 unspecified atom stereocenters. The van der Waals surface area contributed by atoms with Crippen LogP contribution in [0.15, 0.2) is 23.8 Å². The van der Waals surface area contributed by atoms with E-state index in [1.54, 1.807) is 0 Å². The average molecular weight is 230 g/mol. The quantitative estimate of drug-likeness (QED) is 0.754. The van der Waals surface area contributed by atoms with Gasteiger partial charge in [0, 0.05) is 17.2 Å². The Morgan fingerprint density at radius 2 is 1.88 bits per heavy atom. The van der Waals surface area contributed by atoms with E-state index in [2.05, 4.69) is 0 Å². The van der Waals surface area contributed by atoms with Crippen molar-refractivity contribution >= 4 is 11.8 Å². The number of hydrogen-bond donors (Lipinski definition) is 1. The molecule has 17 heavy (non-hydrogen) atoms. The van der Waals surface area contributed by atoms with Crippen LogP contribution in [0.2, 0.25) is 0 Å². The average Bonchev–Trinajstić information content (AvgIpc) is 2.25. The largest absolute Gasteiger partial charge is 0.478 e. The van der Waals surface area contributed by atoms with Gasteiger partial charge in [0.05, 0.1) is 0 Å². The fraction of sp³-hybridized carbons (Fsp3) is 0.286. The fourth-order valence-corrected chi connectivity index (χ4v) is 2.14. The van der Waals surface area contributed by atoms with Gasteiger partial charge in [-0.2, -0.15) is 0 Å². The molecule has 1 N–H and O–H groups in total. The normalized spacial score (nSPS) is 17.1. The molecule has 0 amide bonds. The molecular formula is C14H14O3. The summed E-state index contributed by atoms with van der Waals surface area (Å²) in [7, 11) is 0. The molecule has 3 nitrogen and oxygen atoms in total.